The van der Waals surface area contributed by atoms with Gasteiger partial charge in [0.15, 0.2) is 0 Å². The van der Waals surface area contributed by atoms with E-state index in [2.05, 4.69) is 38.4 Å². The van der Waals surface area contributed by atoms with Crippen LogP contribution in [0.2, 0.25) is 0 Å². The highest BCUT2D eigenvalue weighted by molar-refractivity contribution is 14.1. The van der Waals surface area contributed by atoms with Gasteiger partial charge in [-0.25, -0.2) is 5.43 Å². The van der Waals surface area contributed by atoms with Gasteiger partial charge in [-0.2, -0.15) is 5.10 Å². The van der Waals surface area contributed by atoms with E-state index in [0.717, 1.165) is 21.1 Å². The monoisotopic (exact) mass is 421 g/mol. The first kappa shape index (κ1) is 17.1. The first-order valence-electron chi connectivity index (χ1n) is 7.08. The number of nitrogens with one attached hydrogen (secondary N) is 2. The number of rotatable bonds is 4. The van der Waals surface area contributed by atoms with E-state index in [1.807, 2.05) is 49.4 Å². The highest BCUT2D eigenvalue weighted by Gasteiger charge is 2.14. The number of hydrogen-bond donors (Lipinski definition) is 2. The van der Waals surface area contributed by atoms with Crippen molar-refractivity contribution in [2.45, 2.75) is 13.3 Å². The van der Waals surface area contributed by atoms with Crippen LogP contribution in [0.1, 0.15) is 18.1 Å². The summed E-state index contributed by atoms with van der Waals surface area (Å²) in [6.45, 7) is 1.98. The van der Waals surface area contributed by atoms with E-state index in [-0.39, 0.29) is 0 Å². The van der Waals surface area contributed by atoms with Gasteiger partial charge in [0.1, 0.15) is 0 Å². The van der Waals surface area contributed by atoms with Gasteiger partial charge in [0.25, 0.3) is 0 Å². The van der Waals surface area contributed by atoms with Crippen LogP contribution in [0, 0.1) is 3.57 Å². The Hall–Kier alpha value is -2.22. The summed E-state index contributed by atoms with van der Waals surface area (Å²) >= 11 is 2.19. The number of amides is 2. The Bertz CT molecular complexity index is 744. The molecule has 2 amide bonds. The summed E-state index contributed by atoms with van der Waals surface area (Å²) in [4.78, 5) is 23.6. The summed E-state index contributed by atoms with van der Waals surface area (Å²) in [6.07, 6.45) is 2.26. The number of aryl methyl sites for hydroxylation is 1. The summed E-state index contributed by atoms with van der Waals surface area (Å²) in [7, 11) is 0. The number of hydrazone groups is 1. The third-order valence-corrected chi connectivity index (χ3v) is 3.75. The largest absolute Gasteiger partial charge is 0.329 e. The maximum Gasteiger partial charge on any atom is 0.329 e. The maximum absolute atomic E-state index is 11.9. The molecular formula is C17H16IN3O2. The first-order valence-corrected chi connectivity index (χ1v) is 8.16. The lowest BCUT2D eigenvalue weighted by Crippen LogP contribution is -2.32. The molecule has 118 valence electrons. The molecular weight excluding hydrogens is 405 g/mol. The van der Waals surface area contributed by atoms with Crippen molar-refractivity contribution >= 4 is 46.3 Å². The number of nitrogens with zero attached hydrogens (tertiary/aromatic N) is 1. The maximum atomic E-state index is 11.9. The smallest absolute Gasteiger partial charge is 0.317 e. The zero-order valence-electron chi connectivity index (χ0n) is 12.5. The molecule has 0 fully saturated rings. The number of carbonyl (C=O) groups is 2. The van der Waals surface area contributed by atoms with Crippen molar-refractivity contribution < 1.29 is 9.59 Å². The second kappa shape index (κ2) is 8.42. The van der Waals surface area contributed by atoms with Gasteiger partial charge in [-0.3, -0.25) is 9.59 Å². The van der Waals surface area contributed by atoms with Gasteiger partial charge < -0.3 is 5.32 Å². The standard InChI is InChI=1S/C17H16IN3O2/c1-2-13-7-3-4-9-15(13)20-16(22)17(23)21-19-11-12-6-5-8-14(18)10-12/h3-11H,2H2,1H3,(H,20,22)(H,21,23). The second-order valence-corrected chi connectivity index (χ2v) is 5.96. The Balaban J connectivity index is 1.94. The van der Waals surface area contributed by atoms with Gasteiger partial charge in [0.05, 0.1) is 6.21 Å². The molecule has 23 heavy (non-hydrogen) atoms. The van der Waals surface area contributed by atoms with Crippen LogP contribution in [0.15, 0.2) is 53.6 Å². The molecule has 2 N–H and O–H groups in total. The van der Waals surface area contributed by atoms with Gasteiger partial charge in [0.2, 0.25) is 0 Å². The van der Waals surface area contributed by atoms with Crippen LogP contribution in [-0.2, 0) is 16.0 Å². The number of anilines is 1. The van der Waals surface area contributed by atoms with Crippen LogP contribution in [-0.4, -0.2) is 18.0 Å². The van der Waals surface area contributed by atoms with Crippen molar-refractivity contribution in [2.75, 3.05) is 5.32 Å². The lowest BCUT2D eigenvalue weighted by Gasteiger charge is -2.08. The van der Waals surface area contributed by atoms with E-state index < -0.39 is 11.8 Å². The van der Waals surface area contributed by atoms with Crippen LogP contribution < -0.4 is 10.7 Å². The fourth-order valence-electron chi connectivity index (χ4n) is 1.93. The highest BCUT2D eigenvalue weighted by Crippen LogP contribution is 2.15. The Labute approximate surface area is 148 Å². The fourth-order valence-corrected chi connectivity index (χ4v) is 2.50. The van der Waals surface area contributed by atoms with Crippen LogP contribution in [0.4, 0.5) is 5.69 Å². The summed E-state index contributed by atoms with van der Waals surface area (Å²) in [6, 6.07) is 15.0. The topological polar surface area (TPSA) is 70.6 Å². The van der Waals surface area contributed by atoms with E-state index in [1.54, 1.807) is 6.07 Å². The van der Waals surface area contributed by atoms with Crippen molar-refractivity contribution in [3.05, 3.63) is 63.2 Å². The van der Waals surface area contributed by atoms with Crippen molar-refractivity contribution in [1.82, 2.24) is 5.43 Å². The Morgan fingerprint density at radius 3 is 2.65 bits per heavy atom. The fraction of sp³-hybridized carbons (Fsp3) is 0.118. The lowest BCUT2D eigenvalue weighted by molar-refractivity contribution is -0.136. The van der Waals surface area contributed by atoms with Crippen molar-refractivity contribution in [2.24, 2.45) is 5.10 Å². The predicted octanol–water partition coefficient (Wildman–Crippen LogP) is 2.94. The molecule has 0 heterocycles. The molecule has 5 nitrogen and oxygen atoms in total. The normalized spacial score (nSPS) is 10.5. The zero-order chi connectivity index (χ0) is 16.7. The van der Waals surface area contributed by atoms with E-state index >= 15 is 0 Å². The zero-order valence-corrected chi connectivity index (χ0v) is 14.7. The minimum atomic E-state index is -0.808. The molecule has 0 saturated carbocycles. The molecule has 0 aliphatic heterocycles. The van der Waals surface area contributed by atoms with E-state index in [1.165, 1.54) is 6.21 Å². The van der Waals surface area contributed by atoms with Crippen LogP contribution >= 0.6 is 22.6 Å². The number of para-hydroxylation sites is 1. The number of hydrogen-bond acceptors (Lipinski definition) is 3. The summed E-state index contributed by atoms with van der Waals surface area (Å²) in [5.41, 5.74) is 4.67. The van der Waals surface area contributed by atoms with E-state index in [9.17, 15) is 9.59 Å². The van der Waals surface area contributed by atoms with Crippen molar-refractivity contribution in [3.63, 3.8) is 0 Å². The van der Waals surface area contributed by atoms with Crippen molar-refractivity contribution in [3.8, 4) is 0 Å². The summed E-state index contributed by atoms with van der Waals surface area (Å²) < 4.78 is 1.06. The summed E-state index contributed by atoms with van der Waals surface area (Å²) in [5.74, 6) is -1.55. The predicted molar refractivity (Wildman–Crippen MR) is 99.3 cm³/mol. The number of carbonyl (C=O) groups excluding carboxylic acids is 2. The molecule has 6 heteroatoms. The quantitative estimate of drug-likeness (QED) is 0.345. The van der Waals surface area contributed by atoms with Crippen molar-refractivity contribution in [1.29, 1.82) is 0 Å². The first-order chi connectivity index (χ1) is 11.1. The minimum absolute atomic E-state index is 0.636. The van der Waals surface area contributed by atoms with Gasteiger partial charge in [-0.15, -0.1) is 0 Å². The molecule has 0 aliphatic carbocycles. The Kier molecular flexibility index (Phi) is 6.28. The van der Waals surface area contributed by atoms with Gasteiger partial charge in [-0.1, -0.05) is 37.3 Å². The van der Waals surface area contributed by atoms with Crippen LogP contribution in [0.5, 0.6) is 0 Å². The Morgan fingerprint density at radius 1 is 1.13 bits per heavy atom. The summed E-state index contributed by atoms with van der Waals surface area (Å²) in [5, 5.41) is 6.39. The molecule has 2 aromatic rings. The molecule has 2 aromatic carbocycles. The van der Waals surface area contributed by atoms with Gasteiger partial charge >= 0.3 is 11.8 Å². The molecule has 0 atom stereocenters. The number of benzene rings is 2. The highest BCUT2D eigenvalue weighted by atomic mass is 127. The third-order valence-electron chi connectivity index (χ3n) is 3.08. The molecule has 0 saturated heterocycles. The average Bonchev–Trinajstić information content (AvgIpc) is 2.55. The van der Waals surface area contributed by atoms with E-state index in [0.29, 0.717) is 5.69 Å². The molecule has 0 radical (unpaired) electrons. The second-order valence-electron chi connectivity index (χ2n) is 4.72. The third kappa shape index (κ3) is 5.17. The van der Waals surface area contributed by atoms with Gasteiger partial charge in [-0.05, 0) is 58.3 Å². The Morgan fingerprint density at radius 2 is 1.91 bits per heavy atom. The van der Waals surface area contributed by atoms with Crippen LogP contribution in [0.25, 0.3) is 0 Å². The lowest BCUT2D eigenvalue weighted by atomic mass is 10.1. The molecule has 0 spiro atoms. The molecule has 0 bridgehead atoms. The SMILES string of the molecule is CCc1ccccc1NC(=O)C(=O)NN=Cc1cccc(I)c1. The molecule has 0 aromatic heterocycles. The number of halogens is 1. The minimum Gasteiger partial charge on any atom is -0.317 e. The van der Waals surface area contributed by atoms with Crippen LogP contribution in [0.3, 0.4) is 0 Å². The average molecular weight is 421 g/mol. The molecule has 2 rings (SSSR count). The molecule has 0 aliphatic rings. The van der Waals surface area contributed by atoms with E-state index in [4.69, 9.17) is 0 Å². The molecule has 0 unspecified atom stereocenters. The van der Waals surface area contributed by atoms with Gasteiger partial charge in [0, 0.05) is 9.26 Å².